The smallest absolute Gasteiger partial charge is 0.135 e. The first-order chi connectivity index (χ1) is 9.54. The van der Waals surface area contributed by atoms with Crippen molar-refractivity contribution in [1.29, 1.82) is 0 Å². The number of nitrogens with zero attached hydrogens (tertiary/aromatic N) is 2. The van der Waals surface area contributed by atoms with Crippen LogP contribution in [0.2, 0.25) is 10.0 Å². The summed E-state index contributed by atoms with van der Waals surface area (Å²) in [6.07, 6.45) is 1.50. The summed E-state index contributed by atoms with van der Waals surface area (Å²) in [5, 5.41) is 7.58. The maximum atomic E-state index is 6.11. The van der Waals surface area contributed by atoms with Crippen LogP contribution in [0.15, 0.2) is 30.6 Å². The topological polar surface area (TPSA) is 49.8 Å². The van der Waals surface area contributed by atoms with Crippen LogP contribution in [-0.4, -0.2) is 16.5 Å². The van der Waals surface area contributed by atoms with Gasteiger partial charge in [0.05, 0.1) is 10.7 Å². The lowest BCUT2D eigenvalue weighted by Gasteiger charge is -2.11. The SMILES string of the molecule is CC(C)CNc1cc(Nc2cc(Cl)ccc2Cl)ncn1. The molecule has 0 bridgehead atoms. The van der Waals surface area contributed by atoms with Gasteiger partial charge in [0, 0.05) is 17.6 Å². The standard InChI is InChI=1S/C14H16Cl2N4/c1-9(2)7-17-13-6-14(19-8-18-13)20-12-5-10(15)3-4-11(12)16/h3-6,8-9H,7H2,1-2H3,(H2,17,18,19,20). The molecular formula is C14H16Cl2N4. The fourth-order valence-electron chi connectivity index (χ4n) is 1.56. The van der Waals surface area contributed by atoms with Gasteiger partial charge in [-0.25, -0.2) is 9.97 Å². The van der Waals surface area contributed by atoms with Gasteiger partial charge in [-0.3, -0.25) is 0 Å². The number of aromatic nitrogens is 2. The van der Waals surface area contributed by atoms with E-state index in [4.69, 9.17) is 23.2 Å². The highest BCUT2D eigenvalue weighted by atomic mass is 35.5. The zero-order valence-corrected chi connectivity index (χ0v) is 12.8. The maximum Gasteiger partial charge on any atom is 0.135 e. The molecule has 0 aliphatic rings. The maximum absolute atomic E-state index is 6.11. The van der Waals surface area contributed by atoms with Gasteiger partial charge in [-0.15, -0.1) is 0 Å². The molecule has 0 spiro atoms. The first-order valence-corrected chi connectivity index (χ1v) is 7.08. The first-order valence-electron chi connectivity index (χ1n) is 6.32. The van der Waals surface area contributed by atoms with Crippen molar-refractivity contribution in [2.75, 3.05) is 17.2 Å². The Morgan fingerprint density at radius 3 is 2.60 bits per heavy atom. The minimum atomic E-state index is 0.545. The molecule has 1 heterocycles. The molecule has 2 N–H and O–H groups in total. The van der Waals surface area contributed by atoms with Gasteiger partial charge in [0.1, 0.15) is 18.0 Å². The monoisotopic (exact) mass is 310 g/mol. The summed E-state index contributed by atoms with van der Waals surface area (Å²) < 4.78 is 0. The lowest BCUT2D eigenvalue weighted by molar-refractivity contribution is 0.687. The number of halogens is 2. The molecule has 0 unspecified atom stereocenters. The van der Waals surface area contributed by atoms with E-state index >= 15 is 0 Å². The van der Waals surface area contributed by atoms with Crippen molar-refractivity contribution in [1.82, 2.24) is 9.97 Å². The number of anilines is 3. The molecule has 0 saturated heterocycles. The minimum Gasteiger partial charge on any atom is -0.370 e. The van der Waals surface area contributed by atoms with Crippen molar-refractivity contribution in [3.63, 3.8) is 0 Å². The summed E-state index contributed by atoms with van der Waals surface area (Å²) in [6, 6.07) is 7.07. The Balaban J connectivity index is 2.13. The van der Waals surface area contributed by atoms with Crippen molar-refractivity contribution >= 4 is 40.5 Å². The molecule has 1 aromatic heterocycles. The average Bonchev–Trinajstić information content (AvgIpc) is 2.41. The summed E-state index contributed by atoms with van der Waals surface area (Å²) in [6.45, 7) is 5.13. The molecule has 1 aromatic carbocycles. The summed E-state index contributed by atoms with van der Waals surface area (Å²) in [5.41, 5.74) is 0.715. The molecule has 0 amide bonds. The molecule has 0 atom stereocenters. The Kier molecular flexibility index (Phi) is 5.04. The molecule has 0 fully saturated rings. The highest BCUT2D eigenvalue weighted by Gasteiger charge is 2.04. The molecule has 2 aromatic rings. The van der Waals surface area contributed by atoms with Crippen LogP contribution < -0.4 is 10.6 Å². The first kappa shape index (κ1) is 14.9. The van der Waals surface area contributed by atoms with E-state index < -0.39 is 0 Å². The van der Waals surface area contributed by atoms with Crippen molar-refractivity contribution < 1.29 is 0 Å². The zero-order chi connectivity index (χ0) is 14.5. The Labute approximate surface area is 128 Å². The van der Waals surface area contributed by atoms with E-state index in [-0.39, 0.29) is 0 Å². The van der Waals surface area contributed by atoms with Gasteiger partial charge in [0.15, 0.2) is 0 Å². The normalized spacial score (nSPS) is 10.7. The summed E-state index contributed by atoms with van der Waals surface area (Å²) >= 11 is 12.1. The molecule has 0 radical (unpaired) electrons. The Hall–Kier alpha value is -1.52. The third-order valence-corrected chi connectivity index (χ3v) is 3.11. The van der Waals surface area contributed by atoms with Gasteiger partial charge in [0.2, 0.25) is 0 Å². The van der Waals surface area contributed by atoms with Crippen LogP contribution in [0.1, 0.15) is 13.8 Å². The molecule has 6 heteroatoms. The van der Waals surface area contributed by atoms with Gasteiger partial charge in [-0.1, -0.05) is 37.0 Å². The van der Waals surface area contributed by atoms with E-state index in [2.05, 4.69) is 34.4 Å². The third kappa shape index (κ3) is 4.25. The predicted molar refractivity (Wildman–Crippen MR) is 85.1 cm³/mol. The van der Waals surface area contributed by atoms with Gasteiger partial charge < -0.3 is 10.6 Å². The van der Waals surface area contributed by atoms with Crippen LogP contribution in [0, 0.1) is 5.92 Å². The van der Waals surface area contributed by atoms with Crippen molar-refractivity contribution in [2.45, 2.75) is 13.8 Å². The fourth-order valence-corrected chi connectivity index (χ4v) is 1.90. The highest BCUT2D eigenvalue weighted by molar-refractivity contribution is 6.35. The quantitative estimate of drug-likeness (QED) is 0.847. The molecular weight excluding hydrogens is 295 g/mol. The van der Waals surface area contributed by atoms with Crippen LogP contribution in [-0.2, 0) is 0 Å². The Morgan fingerprint density at radius 1 is 1.10 bits per heavy atom. The van der Waals surface area contributed by atoms with Crippen LogP contribution >= 0.6 is 23.2 Å². The fraction of sp³-hybridized carbons (Fsp3) is 0.286. The van der Waals surface area contributed by atoms with Crippen molar-refractivity contribution in [3.05, 3.63) is 40.6 Å². The van der Waals surface area contributed by atoms with Gasteiger partial charge in [-0.05, 0) is 24.1 Å². The predicted octanol–water partition coefficient (Wildman–Crippen LogP) is 4.59. The molecule has 0 aliphatic carbocycles. The van der Waals surface area contributed by atoms with Crippen LogP contribution in [0.5, 0.6) is 0 Å². The summed E-state index contributed by atoms with van der Waals surface area (Å²) in [5.74, 6) is 1.98. The molecule has 2 rings (SSSR count). The number of hydrogen-bond donors (Lipinski definition) is 2. The third-order valence-electron chi connectivity index (χ3n) is 2.55. The van der Waals surface area contributed by atoms with E-state index in [1.165, 1.54) is 6.33 Å². The second-order valence-corrected chi connectivity index (χ2v) is 5.66. The molecule has 20 heavy (non-hydrogen) atoms. The summed E-state index contributed by atoms with van der Waals surface area (Å²) in [7, 11) is 0. The number of rotatable bonds is 5. The van der Waals surface area contributed by atoms with E-state index in [0.29, 0.717) is 27.5 Å². The minimum absolute atomic E-state index is 0.545. The second-order valence-electron chi connectivity index (χ2n) is 4.81. The van der Waals surface area contributed by atoms with Crippen LogP contribution in [0.3, 0.4) is 0 Å². The van der Waals surface area contributed by atoms with Gasteiger partial charge in [0.25, 0.3) is 0 Å². The largest absolute Gasteiger partial charge is 0.370 e. The second kappa shape index (κ2) is 6.77. The Bertz CT molecular complexity index is 587. The zero-order valence-electron chi connectivity index (χ0n) is 11.3. The number of nitrogens with one attached hydrogen (secondary N) is 2. The summed E-state index contributed by atoms with van der Waals surface area (Å²) in [4.78, 5) is 8.34. The molecule has 4 nitrogen and oxygen atoms in total. The van der Waals surface area contributed by atoms with Crippen molar-refractivity contribution in [2.24, 2.45) is 5.92 Å². The highest BCUT2D eigenvalue weighted by Crippen LogP contribution is 2.28. The molecule has 106 valence electrons. The van der Waals surface area contributed by atoms with Crippen LogP contribution in [0.4, 0.5) is 17.3 Å². The molecule has 0 saturated carbocycles. The van der Waals surface area contributed by atoms with E-state index in [1.807, 2.05) is 6.07 Å². The van der Waals surface area contributed by atoms with E-state index in [9.17, 15) is 0 Å². The average molecular weight is 311 g/mol. The number of benzene rings is 1. The van der Waals surface area contributed by atoms with E-state index in [1.54, 1.807) is 18.2 Å². The van der Waals surface area contributed by atoms with Gasteiger partial charge in [-0.2, -0.15) is 0 Å². The van der Waals surface area contributed by atoms with Crippen LogP contribution in [0.25, 0.3) is 0 Å². The molecule has 0 aliphatic heterocycles. The van der Waals surface area contributed by atoms with Gasteiger partial charge >= 0.3 is 0 Å². The lowest BCUT2D eigenvalue weighted by Crippen LogP contribution is -2.09. The Morgan fingerprint density at radius 2 is 1.85 bits per heavy atom. The lowest BCUT2D eigenvalue weighted by atomic mass is 10.2. The number of hydrogen-bond acceptors (Lipinski definition) is 4. The van der Waals surface area contributed by atoms with E-state index in [0.717, 1.165) is 12.4 Å². The van der Waals surface area contributed by atoms with Crippen molar-refractivity contribution in [3.8, 4) is 0 Å².